The van der Waals surface area contributed by atoms with Crippen LogP contribution < -0.4 is 5.32 Å². The van der Waals surface area contributed by atoms with E-state index < -0.39 is 0 Å². The van der Waals surface area contributed by atoms with Crippen molar-refractivity contribution < 1.29 is 4.74 Å². The molecule has 1 N–H and O–H groups in total. The molecule has 1 atom stereocenters. The molecule has 70 valence electrons. The van der Waals surface area contributed by atoms with Gasteiger partial charge in [0.15, 0.2) is 0 Å². The van der Waals surface area contributed by atoms with Crippen molar-refractivity contribution in [2.24, 2.45) is 0 Å². The van der Waals surface area contributed by atoms with Crippen molar-refractivity contribution in [1.82, 2.24) is 10.2 Å². The van der Waals surface area contributed by atoms with Gasteiger partial charge in [-0.2, -0.15) is 0 Å². The van der Waals surface area contributed by atoms with Crippen LogP contribution in [0.15, 0.2) is 0 Å². The monoisotopic (exact) mass is 170 g/mol. The van der Waals surface area contributed by atoms with Crippen LogP contribution in [0.2, 0.25) is 0 Å². The first kappa shape index (κ1) is 8.48. The van der Waals surface area contributed by atoms with Gasteiger partial charge < -0.3 is 10.1 Å². The Hall–Kier alpha value is -0.120. The van der Waals surface area contributed by atoms with Crippen molar-refractivity contribution in [3.8, 4) is 0 Å². The molecule has 2 fully saturated rings. The maximum atomic E-state index is 5.59. The quantitative estimate of drug-likeness (QED) is 0.602. The Morgan fingerprint density at radius 2 is 2.25 bits per heavy atom. The van der Waals surface area contributed by atoms with E-state index in [9.17, 15) is 0 Å². The van der Waals surface area contributed by atoms with Crippen molar-refractivity contribution >= 4 is 0 Å². The summed E-state index contributed by atoms with van der Waals surface area (Å²) in [6.45, 7) is 7.80. The minimum absolute atomic E-state index is 0.424. The van der Waals surface area contributed by atoms with Gasteiger partial charge in [0.2, 0.25) is 0 Å². The summed E-state index contributed by atoms with van der Waals surface area (Å²) < 4.78 is 5.59. The van der Waals surface area contributed by atoms with Crippen LogP contribution in [0, 0.1) is 0 Å². The summed E-state index contributed by atoms with van der Waals surface area (Å²) in [4.78, 5) is 2.56. The van der Waals surface area contributed by atoms with E-state index in [-0.39, 0.29) is 0 Å². The number of rotatable bonds is 1. The van der Waals surface area contributed by atoms with Gasteiger partial charge in [0.25, 0.3) is 0 Å². The lowest BCUT2D eigenvalue weighted by Crippen LogP contribution is -2.58. The van der Waals surface area contributed by atoms with E-state index in [4.69, 9.17) is 4.74 Å². The molecule has 2 aliphatic rings. The number of nitrogens with one attached hydrogen (secondary N) is 1. The van der Waals surface area contributed by atoms with E-state index in [1.807, 2.05) is 0 Å². The van der Waals surface area contributed by atoms with E-state index in [2.05, 4.69) is 17.1 Å². The van der Waals surface area contributed by atoms with Gasteiger partial charge in [-0.3, -0.25) is 4.90 Å². The highest BCUT2D eigenvalue weighted by molar-refractivity contribution is 4.86. The van der Waals surface area contributed by atoms with E-state index in [1.54, 1.807) is 0 Å². The molecule has 0 aromatic heterocycles. The Morgan fingerprint density at radius 1 is 1.42 bits per heavy atom. The van der Waals surface area contributed by atoms with Gasteiger partial charge in [0, 0.05) is 38.8 Å². The van der Waals surface area contributed by atoms with Crippen LogP contribution in [0.3, 0.4) is 0 Å². The molecular formula is C9H18N2O. The predicted octanol–water partition coefficient (Wildman–Crippen LogP) is 0.0690. The smallest absolute Gasteiger partial charge is 0.0674 e. The molecule has 1 unspecified atom stereocenters. The highest BCUT2D eigenvalue weighted by Crippen LogP contribution is 2.11. The maximum absolute atomic E-state index is 5.59. The molecule has 0 spiro atoms. The molecule has 0 bridgehead atoms. The number of hydrogen-bond acceptors (Lipinski definition) is 3. The van der Waals surface area contributed by atoms with Crippen LogP contribution in [0.4, 0.5) is 0 Å². The number of nitrogens with zero attached hydrogens (tertiary/aromatic N) is 1. The summed E-state index contributed by atoms with van der Waals surface area (Å²) >= 11 is 0. The second kappa shape index (κ2) is 3.73. The van der Waals surface area contributed by atoms with Gasteiger partial charge in [0.05, 0.1) is 6.10 Å². The summed E-state index contributed by atoms with van der Waals surface area (Å²) in [5.74, 6) is 0. The van der Waals surface area contributed by atoms with E-state index in [1.165, 1.54) is 26.1 Å². The average molecular weight is 170 g/mol. The third-order valence-electron chi connectivity index (χ3n) is 2.76. The largest absolute Gasteiger partial charge is 0.377 e. The second-order valence-corrected chi connectivity index (χ2v) is 3.84. The summed E-state index contributed by atoms with van der Waals surface area (Å²) in [5.41, 5.74) is 0. The van der Waals surface area contributed by atoms with Crippen LogP contribution in [-0.4, -0.2) is 49.8 Å². The van der Waals surface area contributed by atoms with Crippen molar-refractivity contribution in [1.29, 1.82) is 0 Å². The first-order valence-electron chi connectivity index (χ1n) is 4.92. The van der Waals surface area contributed by atoms with Crippen LogP contribution >= 0.6 is 0 Å². The van der Waals surface area contributed by atoms with Crippen LogP contribution in [0.1, 0.15) is 13.3 Å². The third kappa shape index (κ3) is 1.79. The van der Waals surface area contributed by atoms with E-state index in [0.717, 1.165) is 19.2 Å². The minimum atomic E-state index is 0.424. The van der Waals surface area contributed by atoms with Gasteiger partial charge in [-0.15, -0.1) is 0 Å². The molecule has 3 nitrogen and oxygen atoms in total. The zero-order valence-corrected chi connectivity index (χ0v) is 7.75. The Labute approximate surface area is 74.1 Å². The zero-order chi connectivity index (χ0) is 8.39. The third-order valence-corrected chi connectivity index (χ3v) is 2.76. The van der Waals surface area contributed by atoms with Gasteiger partial charge >= 0.3 is 0 Å². The maximum Gasteiger partial charge on any atom is 0.0674 e. The molecule has 0 radical (unpaired) electrons. The summed E-state index contributed by atoms with van der Waals surface area (Å²) in [6, 6.07) is 0.786. The molecule has 0 aromatic rings. The summed E-state index contributed by atoms with van der Waals surface area (Å²) in [6.07, 6.45) is 1.62. The molecule has 2 aliphatic heterocycles. The van der Waals surface area contributed by atoms with E-state index in [0.29, 0.717) is 6.10 Å². The van der Waals surface area contributed by atoms with Crippen LogP contribution in [-0.2, 0) is 4.74 Å². The molecule has 0 aromatic carbocycles. The summed E-state index contributed by atoms with van der Waals surface area (Å²) in [7, 11) is 0. The van der Waals surface area contributed by atoms with Gasteiger partial charge in [-0.1, -0.05) is 0 Å². The molecule has 0 amide bonds. The van der Waals surface area contributed by atoms with Gasteiger partial charge in [-0.05, 0) is 13.3 Å². The molecule has 2 heterocycles. The first-order chi connectivity index (χ1) is 5.86. The topological polar surface area (TPSA) is 24.5 Å². The number of ether oxygens (including phenoxy) is 1. The summed E-state index contributed by atoms with van der Waals surface area (Å²) in [5, 5.41) is 3.31. The lowest BCUT2D eigenvalue weighted by Gasteiger charge is -2.38. The number of hydrogen-bond donors (Lipinski definition) is 1. The highest BCUT2D eigenvalue weighted by Gasteiger charge is 2.26. The molecular weight excluding hydrogens is 152 g/mol. The fraction of sp³-hybridized carbons (Fsp3) is 1.00. The van der Waals surface area contributed by atoms with Crippen molar-refractivity contribution in [2.75, 3.05) is 32.8 Å². The standard InChI is InChI=1S/C9H18N2O/c1-8-7-11(3-2-4-12-8)9-5-10-6-9/h8-10H,2-7H2,1H3. The predicted molar refractivity (Wildman–Crippen MR) is 48.3 cm³/mol. The molecule has 2 saturated heterocycles. The van der Waals surface area contributed by atoms with Gasteiger partial charge in [0.1, 0.15) is 0 Å². The molecule has 0 saturated carbocycles. The Morgan fingerprint density at radius 3 is 2.92 bits per heavy atom. The van der Waals surface area contributed by atoms with Crippen molar-refractivity contribution in [3.63, 3.8) is 0 Å². The van der Waals surface area contributed by atoms with Crippen molar-refractivity contribution in [2.45, 2.75) is 25.5 Å². The molecule has 2 rings (SSSR count). The highest BCUT2D eigenvalue weighted by atomic mass is 16.5. The fourth-order valence-corrected chi connectivity index (χ4v) is 1.89. The molecule has 3 heteroatoms. The Bertz CT molecular complexity index is 147. The first-order valence-corrected chi connectivity index (χ1v) is 4.92. The van der Waals surface area contributed by atoms with E-state index >= 15 is 0 Å². The normalized spacial score (nSPS) is 34.2. The fourth-order valence-electron chi connectivity index (χ4n) is 1.89. The minimum Gasteiger partial charge on any atom is -0.377 e. The van der Waals surface area contributed by atoms with Crippen LogP contribution in [0.25, 0.3) is 0 Å². The Kier molecular flexibility index (Phi) is 2.63. The van der Waals surface area contributed by atoms with Gasteiger partial charge in [-0.25, -0.2) is 0 Å². The lowest BCUT2D eigenvalue weighted by molar-refractivity contribution is 0.0543. The Balaban J connectivity index is 1.85. The SMILES string of the molecule is CC1CN(C2CNC2)CCCO1. The van der Waals surface area contributed by atoms with Crippen LogP contribution in [0.5, 0.6) is 0 Å². The molecule has 0 aliphatic carbocycles. The van der Waals surface area contributed by atoms with Crippen molar-refractivity contribution in [3.05, 3.63) is 0 Å². The average Bonchev–Trinajstić information content (AvgIpc) is 2.10. The second-order valence-electron chi connectivity index (χ2n) is 3.84. The molecule has 12 heavy (non-hydrogen) atoms. The lowest BCUT2D eigenvalue weighted by atomic mass is 10.1. The zero-order valence-electron chi connectivity index (χ0n) is 7.75.